The van der Waals surface area contributed by atoms with Gasteiger partial charge < -0.3 is 10.4 Å². The third-order valence-corrected chi connectivity index (χ3v) is 4.01. The van der Waals surface area contributed by atoms with Crippen molar-refractivity contribution in [3.05, 3.63) is 81.9 Å². The molecule has 0 saturated carbocycles. The normalized spacial score (nSPS) is 12.3. The maximum atomic E-state index is 12.0. The number of aromatic carboxylic acids is 1. The van der Waals surface area contributed by atoms with Gasteiger partial charge in [-0.05, 0) is 36.8 Å². The van der Waals surface area contributed by atoms with E-state index in [4.69, 9.17) is 33.0 Å². The van der Waals surface area contributed by atoms with Crippen LogP contribution < -0.4 is 5.32 Å². The van der Waals surface area contributed by atoms with Crippen LogP contribution in [0.1, 0.15) is 49.4 Å². The van der Waals surface area contributed by atoms with Crippen LogP contribution in [0.25, 0.3) is 0 Å². The number of ketones is 1. The summed E-state index contributed by atoms with van der Waals surface area (Å²) in [5, 5.41) is 12.2. The van der Waals surface area contributed by atoms with Crippen molar-refractivity contribution >= 4 is 17.4 Å². The molecule has 204 valence electrons. The molecule has 2 N–H and O–H groups in total. The minimum atomic E-state index is -0.954. The minimum Gasteiger partial charge on any atom is 0 e. The fourth-order valence-electron chi connectivity index (χ4n) is 2.61. The maximum absolute atomic E-state index is 12.0. The number of carbonyl (C=O) groups excluding carboxylic acids is 1. The molecule has 1 aromatic rings. The van der Waals surface area contributed by atoms with E-state index in [0.29, 0.717) is 0 Å². The Morgan fingerprint density at radius 1 is 0.868 bits per heavy atom. The van der Waals surface area contributed by atoms with Gasteiger partial charge in [0.15, 0.2) is 5.78 Å². The second-order valence-corrected chi connectivity index (χ2v) is 5.92. The summed E-state index contributed by atoms with van der Waals surface area (Å²) in [7, 11) is 0. The average molecular weight is 611 g/mol. The summed E-state index contributed by atoms with van der Waals surface area (Å²) in [5.74, 6) is 4.92. The summed E-state index contributed by atoms with van der Waals surface area (Å²) in [4.78, 5) is 22.8. The Balaban J connectivity index is -0.000000121. The van der Waals surface area contributed by atoms with E-state index in [-0.39, 0.29) is 56.9 Å². The molecule has 0 aromatic heterocycles. The van der Waals surface area contributed by atoms with Gasteiger partial charge in [-0.15, -0.1) is 5.92 Å². The zero-order valence-electron chi connectivity index (χ0n) is 20.0. The van der Waals surface area contributed by atoms with Gasteiger partial charge >= 0.3 is 73.8 Å². The molecule has 2 atom stereocenters. The fourth-order valence-corrected chi connectivity index (χ4v) is 2.61. The van der Waals surface area contributed by atoms with Crippen molar-refractivity contribution in [1.29, 1.82) is 0 Å². The predicted octanol–water partition coefficient (Wildman–Crippen LogP) is 3.66. The third-order valence-electron chi connectivity index (χ3n) is 4.01. The molecule has 0 amide bonds. The quantitative estimate of drug-likeness (QED) is 0.206. The first kappa shape index (κ1) is 51.5. The number of rotatable bonds is 7. The van der Waals surface area contributed by atoms with E-state index in [1.165, 1.54) is 19.3 Å². The Morgan fingerprint density at radius 3 is 1.76 bits per heavy atom. The van der Waals surface area contributed by atoms with Gasteiger partial charge in [0, 0.05) is 45.7 Å². The average Bonchev–Trinajstić information content (AvgIpc) is 3.31. The molecule has 0 fully saturated rings. The molecule has 38 heavy (non-hydrogen) atoms. The maximum Gasteiger partial charge on any atom is 0 e. The molecule has 0 unspecified atom stereocenters. The molecule has 10 nitrogen and oxygen atoms in total. The van der Waals surface area contributed by atoms with Gasteiger partial charge in [-0.3, -0.25) is 4.79 Å². The number of benzene rings is 1. The topological polar surface area (TPSA) is 186 Å². The monoisotopic (exact) mass is 611 g/mol. The van der Waals surface area contributed by atoms with Crippen molar-refractivity contribution in [3.8, 4) is 11.8 Å². The molecule has 2 radical (unpaired) electrons. The molecular weight excluding hydrogens is 588 g/mol. The summed E-state index contributed by atoms with van der Waals surface area (Å²) in [6.07, 6.45) is 8.89. The van der Waals surface area contributed by atoms with Crippen molar-refractivity contribution in [2.45, 2.75) is 45.1 Å². The molecule has 0 spiro atoms. The number of allylic oxidation sites excluding steroid dienone is 1. The molecule has 2 rings (SSSR count). The number of unbranched alkanes of at least 4 members (excludes halogenated alkanes) is 4. The SMILES string of the molecule is CCCCCCC#C[C@H]1C(=O)C=C[C@@H]1Nc1ccc(C(=O)O)cc1.[C-]#[O+].[C-]#[O+].[C-]#[O+].[C-]#[O+].[C-]#[O+].[C-]#[O+].[Co].[Co]. The Hall–Kier alpha value is -3.09. The Labute approximate surface area is 243 Å². The van der Waals surface area contributed by atoms with E-state index in [1.54, 1.807) is 30.3 Å². The van der Waals surface area contributed by atoms with E-state index < -0.39 is 5.97 Å². The van der Waals surface area contributed by atoms with Crippen molar-refractivity contribution < 1.29 is 76.2 Å². The van der Waals surface area contributed by atoms with Crippen LogP contribution in [0.2, 0.25) is 0 Å². The number of carboxylic acids is 1. The molecule has 1 aromatic carbocycles. The second-order valence-electron chi connectivity index (χ2n) is 5.92. The number of carbonyl (C=O) groups is 2. The van der Waals surface area contributed by atoms with Gasteiger partial charge in [-0.2, -0.15) is 0 Å². The van der Waals surface area contributed by atoms with Gasteiger partial charge in [-0.25, -0.2) is 4.79 Å². The second kappa shape index (κ2) is 43.9. The van der Waals surface area contributed by atoms with Crippen LogP contribution in [0.3, 0.4) is 0 Å². The zero-order chi connectivity index (χ0) is 29.4. The standard InChI is InChI=1S/C20H23NO3.6CO.2Co/c1-2-3-4-5-6-7-8-17-18(13-14-19(17)22)21-16-11-9-15(10-12-16)20(23)24;6*1-2;;/h9-14,17-18,21H,2-6H2,1H3,(H,23,24);;;;;;;;/t17-,18+;;;;;;;;/m1......../s1. The van der Waals surface area contributed by atoms with Crippen molar-refractivity contribution in [2.75, 3.05) is 5.32 Å². The summed E-state index contributed by atoms with van der Waals surface area (Å²) >= 11 is 0. The molecular formula is C26H23Co2NO9. The number of anilines is 1. The van der Waals surface area contributed by atoms with Gasteiger partial charge in [0.05, 0.1) is 11.6 Å². The third kappa shape index (κ3) is 26.0. The predicted molar refractivity (Wildman–Crippen MR) is 119 cm³/mol. The van der Waals surface area contributed by atoms with Crippen LogP contribution in [0.15, 0.2) is 36.4 Å². The van der Waals surface area contributed by atoms with Gasteiger partial charge in [0.1, 0.15) is 5.92 Å². The summed E-state index contributed by atoms with van der Waals surface area (Å²) in [5.41, 5.74) is 1.01. The van der Waals surface area contributed by atoms with Crippen LogP contribution >= 0.6 is 0 Å². The van der Waals surface area contributed by atoms with Crippen LogP contribution in [0.4, 0.5) is 5.69 Å². The Morgan fingerprint density at radius 2 is 1.34 bits per heavy atom. The van der Waals surface area contributed by atoms with E-state index >= 15 is 0 Å². The molecule has 1 aliphatic carbocycles. The first-order valence-corrected chi connectivity index (χ1v) is 9.64. The van der Waals surface area contributed by atoms with Crippen molar-refractivity contribution in [2.24, 2.45) is 5.92 Å². The number of carboxylic acid groups (broad SMARTS) is 1. The molecule has 0 bridgehead atoms. The Kier molecular flexibility index (Phi) is 59.6. The number of nitrogens with one attached hydrogen (secondary N) is 1. The van der Waals surface area contributed by atoms with E-state index in [2.05, 4.69) is 64.0 Å². The Bertz CT molecular complexity index is 889. The van der Waals surface area contributed by atoms with Crippen LogP contribution in [0.5, 0.6) is 0 Å². The first-order chi connectivity index (χ1) is 17.6. The molecule has 12 heteroatoms. The van der Waals surface area contributed by atoms with Crippen LogP contribution in [-0.4, -0.2) is 22.9 Å². The minimum absolute atomic E-state index is 0. The van der Waals surface area contributed by atoms with Crippen LogP contribution in [0, 0.1) is 57.7 Å². The first-order valence-electron chi connectivity index (χ1n) is 9.64. The number of hydrogen-bond donors (Lipinski definition) is 2. The van der Waals surface area contributed by atoms with Crippen molar-refractivity contribution in [3.63, 3.8) is 0 Å². The van der Waals surface area contributed by atoms with Gasteiger partial charge in [0.2, 0.25) is 0 Å². The van der Waals surface area contributed by atoms with Crippen molar-refractivity contribution in [1.82, 2.24) is 0 Å². The van der Waals surface area contributed by atoms with E-state index in [1.807, 2.05) is 6.08 Å². The molecule has 0 saturated heterocycles. The zero-order valence-corrected chi connectivity index (χ0v) is 22.1. The molecule has 1 aliphatic rings. The summed E-state index contributed by atoms with van der Waals surface area (Å²) in [6.45, 7) is 29.2. The largest absolute Gasteiger partial charge is 0 e. The summed E-state index contributed by atoms with van der Waals surface area (Å²) < 4.78 is 45.0. The van der Waals surface area contributed by atoms with E-state index in [0.717, 1.165) is 18.5 Å². The van der Waals surface area contributed by atoms with E-state index in [9.17, 15) is 9.59 Å². The number of hydrogen-bond acceptors (Lipinski definition) is 3. The van der Waals surface area contributed by atoms with Crippen LogP contribution in [-0.2, 0) is 66.3 Å². The fraction of sp³-hybridized carbons (Fsp3) is 0.308. The summed E-state index contributed by atoms with van der Waals surface area (Å²) in [6, 6.07) is 6.32. The smallest absolute Gasteiger partial charge is 0 e. The molecule has 0 aliphatic heterocycles. The molecule has 0 heterocycles. The van der Waals surface area contributed by atoms with Gasteiger partial charge in [0.25, 0.3) is 0 Å². The van der Waals surface area contributed by atoms with Gasteiger partial charge in [-0.1, -0.05) is 38.2 Å².